The minimum atomic E-state index is -0.307. The van der Waals surface area contributed by atoms with E-state index in [0.29, 0.717) is 36.6 Å². The fraction of sp³-hybridized carbons (Fsp3) is 0.600. The minimum absolute atomic E-state index is 0.0925. The molecule has 2 aliphatic heterocycles. The number of hydrogen-bond acceptors (Lipinski definition) is 3. The van der Waals surface area contributed by atoms with Crippen molar-refractivity contribution >= 4 is 17.5 Å². The fourth-order valence-electron chi connectivity index (χ4n) is 3.87. The van der Waals surface area contributed by atoms with E-state index in [1.54, 1.807) is 19.1 Å². The number of aryl methyl sites for hydroxylation is 1. The van der Waals surface area contributed by atoms with Gasteiger partial charge in [0.2, 0.25) is 11.8 Å². The Kier molecular flexibility index (Phi) is 6.25. The average Bonchev–Trinajstić information content (AvgIpc) is 3.02. The molecule has 0 saturated carbocycles. The second kappa shape index (κ2) is 8.62. The maximum absolute atomic E-state index is 13.6. The number of nitrogens with one attached hydrogen (secondary N) is 1. The van der Waals surface area contributed by atoms with E-state index in [4.69, 9.17) is 0 Å². The molecule has 1 atom stereocenters. The van der Waals surface area contributed by atoms with Crippen LogP contribution in [-0.4, -0.2) is 54.3 Å². The van der Waals surface area contributed by atoms with Crippen LogP contribution in [0.3, 0.4) is 0 Å². The Labute approximate surface area is 154 Å². The third kappa shape index (κ3) is 5.04. The molecule has 3 rings (SSSR count). The molecule has 1 aromatic rings. The lowest BCUT2D eigenvalue weighted by Gasteiger charge is -2.34. The Hall–Kier alpha value is -1.95. The Morgan fingerprint density at radius 2 is 2.15 bits per heavy atom. The highest BCUT2D eigenvalue weighted by molar-refractivity contribution is 5.90. The summed E-state index contributed by atoms with van der Waals surface area (Å²) in [6.07, 6.45) is 4.32. The normalized spacial score (nSPS) is 21.2. The first-order chi connectivity index (χ1) is 12.5. The standard InChI is InChI=1S/C20H28FN3O2/c1-15-6-7-17(12-18(15)21)22-19(25)8-11-23-9-2-4-16(13-23)14-24-10-3-5-20(24)26/h6-7,12,16H,2-5,8-11,13-14H2,1H3,(H,22,25)/t16-/m0/s1. The molecule has 1 N–H and O–H groups in total. The molecule has 0 spiro atoms. The Balaban J connectivity index is 1.42. The van der Waals surface area contributed by atoms with Crippen molar-refractivity contribution in [1.29, 1.82) is 0 Å². The quantitative estimate of drug-likeness (QED) is 0.848. The zero-order valence-corrected chi connectivity index (χ0v) is 15.5. The van der Waals surface area contributed by atoms with Gasteiger partial charge in [-0.3, -0.25) is 9.59 Å². The second-order valence-corrected chi connectivity index (χ2v) is 7.51. The molecular formula is C20H28FN3O2. The van der Waals surface area contributed by atoms with E-state index >= 15 is 0 Å². The van der Waals surface area contributed by atoms with E-state index in [9.17, 15) is 14.0 Å². The van der Waals surface area contributed by atoms with Crippen LogP contribution in [0.5, 0.6) is 0 Å². The van der Waals surface area contributed by atoms with E-state index in [0.717, 1.165) is 45.4 Å². The molecule has 2 saturated heterocycles. The third-order valence-electron chi connectivity index (χ3n) is 5.36. The number of likely N-dealkylation sites (tertiary alicyclic amines) is 2. The molecule has 2 amide bonds. The molecule has 2 heterocycles. The van der Waals surface area contributed by atoms with Gasteiger partial charge in [0, 0.05) is 44.7 Å². The molecule has 0 bridgehead atoms. The summed E-state index contributed by atoms with van der Waals surface area (Å²) in [5.74, 6) is 0.384. The molecule has 26 heavy (non-hydrogen) atoms. The fourth-order valence-corrected chi connectivity index (χ4v) is 3.87. The van der Waals surface area contributed by atoms with Gasteiger partial charge >= 0.3 is 0 Å². The topological polar surface area (TPSA) is 52.7 Å². The van der Waals surface area contributed by atoms with E-state index < -0.39 is 0 Å². The van der Waals surface area contributed by atoms with E-state index in [1.165, 1.54) is 6.07 Å². The summed E-state index contributed by atoms with van der Waals surface area (Å²) in [4.78, 5) is 28.2. The monoisotopic (exact) mass is 361 g/mol. The van der Waals surface area contributed by atoms with Crippen molar-refractivity contribution in [3.05, 3.63) is 29.6 Å². The molecule has 2 aliphatic rings. The average molecular weight is 361 g/mol. The molecular weight excluding hydrogens is 333 g/mol. The van der Waals surface area contributed by atoms with Gasteiger partial charge in [0.15, 0.2) is 0 Å². The van der Waals surface area contributed by atoms with Crippen LogP contribution in [-0.2, 0) is 9.59 Å². The van der Waals surface area contributed by atoms with Crippen LogP contribution in [0.1, 0.15) is 37.7 Å². The molecule has 0 unspecified atom stereocenters. The van der Waals surface area contributed by atoms with Crippen molar-refractivity contribution in [2.24, 2.45) is 5.92 Å². The molecule has 2 fully saturated rings. The summed E-state index contributed by atoms with van der Waals surface area (Å²) < 4.78 is 13.6. The van der Waals surface area contributed by atoms with E-state index in [1.807, 2.05) is 4.90 Å². The first kappa shape index (κ1) is 18.8. The molecule has 0 aliphatic carbocycles. The summed E-state index contributed by atoms with van der Waals surface area (Å²) in [5, 5.41) is 2.77. The van der Waals surface area contributed by atoms with Crippen molar-refractivity contribution in [1.82, 2.24) is 9.80 Å². The summed E-state index contributed by atoms with van der Waals surface area (Å²) in [6, 6.07) is 4.75. The molecule has 6 heteroatoms. The number of carbonyl (C=O) groups excluding carboxylic acids is 2. The van der Waals surface area contributed by atoms with E-state index in [2.05, 4.69) is 10.2 Å². The van der Waals surface area contributed by atoms with Crippen molar-refractivity contribution in [3.63, 3.8) is 0 Å². The lowest BCUT2D eigenvalue weighted by Crippen LogP contribution is -2.42. The lowest BCUT2D eigenvalue weighted by molar-refractivity contribution is -0.128. The first-order valence-electron chi connectivity index (χ1n) is 9.57. The van der Waals surface area contributed by atoms with Crippen molar-refractivity contribution in [2.75, 3.05) is 38.0 Å². The summed E-state index contributed by atoms with van der Waals surface area (Å²) in [6.45, 7) is 6.08. The Morgan fingerprint density at radius 3 is 2.88 bits per heavy atom. The predicted molar refractivity (Wildman–Crippen MR) is 99.4 cm³/mol. The van der Waals surface area contributed by atoms with Gasteiger partial charge in [-0.15, -0.1) is 0 Å². The van der Waals surface area contributed by atoms with Gasteiger partial charge in [-0.2, -0.15) is 0 Å². The van der Waals surface area contributed by atoms with Crippen molar-refractivity contribution in [3.8, 4) is 0 Å². The van der Waals surface area contributed by atoms with Crippen LogP contribution >= 0.6 is 0 Å². The number of benzene rings is 1. The van der Waals surface area contributed by atoms with Gasteiger partial charge in [-0.25, -0.2) is 4.39 Å². The summed E-state index contributed by atoms with van der Waals surface area (Å²) in [5.41, 5.74) is 1.07. The maximum atomic E-state index is 13.6. The van der Waals surface area contributed by atoms with Gasteiger partial charge in [-0.05, 0) is 56.3 Å². The van der Waals surface area contributed by atoms with Crippen LogP contribution in [0, 0.1) is 18.7 Å². The number of amides is 2. The zero-order chi connectivity index (χ0) is 18.5. The predicted octanol–water partition coefficient (Wildman–Crippen LogP) is 2.80. The first-order valence-corrected chi connectivity index (χ1v) is 9.57. The number of rotatable bonds is 6. The van der Waals surface area contributed by atoms with Crippen LogP contribution in [0.2, 0.25) is 0 Å². The van der Waals surface area contributed by atoms with E-state index in [-0.39, 0.29) is 17.6 Å². The number of anilines is 1. The van der Waals surface area contributed by atoms with Crippen LogP contribution < -0.4 is 5.32 Å². The number of carbonyl (C=O) groups is 2. The SMILES string of the molecule is Cc1ccc(NC(=O)CCN2CCC[C@H](CN3CCCC3=O)C2)cc1F. The lowest BCUT2D eigenvalue weighted by atomic mass is 9.97. The van der Waals surface area contributed by atoms with Crippen molar-refractivity contribution < 1.29 is 14.0 Å². The second-order valence-electron chi connectivity index (χ2n) is 7.51. The minimum Gasteiger partial charge on any atom is -0.342 e. The molecule has 0 radical (unpaired) electrons. The zero-order valence-electron chi connectivity index (χ0n) is 15.5. The number of nitrogens with zero attached hydrogens (tertiary/aromatic N) is 2. The number of halogens is 1. The van der Waals surface area contributed by atoms with Gasteiger partial charge in [0.05, 0.1) is 0 Å². The number of hydrogen-bond donors (Lipinski definition) is 1. The van der Waals surface area contributed by atoms with Crippen LogP contribution in [0.25, 0.3) is 0 Å². The van der Waals surface area contributed by atoms with Gasteiger partial charge in [0.1, 0.15) is 5.82 Å². The van der Waals surface area contributed by atoms with Gasteiger partial charge in [0.25, 0.3) is 0 Å². The molecule has 1 aromatic carbocycles. The summed E-state index contributed by atoms with van der Waals surface area (Å²) >= 11 is 0. The van der Waals surface area contributed by atoms with Crippen LogP contribution in [0.15, 0.2) is 18.2 Å². The van der Waals surface area contributed by atoms with Gasteiger partial charge < -0.3 is 15.1 Å². The molecule has 5 nitrogen and oxygen atoms in total. The maximum Gasteiger partial charge on any atom is 0.225 e. The smallest absolute Gasteiger partial charge is 0.225 e. The van der Waals surface area contributed by atoms with Crippen molar-refractivity contribution in [2.45, 2.75) is 39.0 Å². The van der Waals surface area contributed by atoms with Gasteiger partial charge in [-0.1, -0.05) is 6.07 Å². The molecule has 0 aromatic heterocycles. The highest BCUT2D eigenvalue weighted by Gasteiger charge is 2.26. The third-order valence-corrected chi connectivity index (χ3v) is 5.36. The largest absolute Gasteiger partial charge is 0.342 e. The Bertz CT molecular complexity index is 664. The Morgan fingerprint density at radius 1 is 1.31 bits per heavy atom. The molecule has 142 valence electrons. The number of piperidine rings is 1. The highest BCUT2D eigenvalue weighted by atomic mass is 19.1. The summed E-state index contributed by atoms with van der Waals surface area (Å²) in [7, 11) is 0. The highest BCUT2D eigenvalue weighted by Crippen LogP contribution is 2.21. The van der Waals surface area contributed by atoms with Crippen LogP contribution in [0.4, 0.5) is 10.1 Å².